The lowest BCUT2D eigenvalue weighted by molar-refractivity contribution is 0.149. The van der Waals surface area contributed by atoms with E-state index < -0.39 is 22.4 Å². The number of aliphatic hydroxyl groups excluding tert-OH is 1. The quantitative estimate of drug-likeness (QED) is 0.159. The molecule has 1 amide bonds. The summed E-state index contributed by atoms with van der Waals surface area (Å²) in [4.78, 5) is 26.5. The van der Waals surface area contributed by atoms with Crippen molar-refractivity contribution in [2.45, 2.75) is 65.1 Å². The first-order valence-corrected chi connectivity index (χ1v) is 15.9. The van der Waals surface area contributed by atoms with Crippen molar-refractivity contribution < 1.29 is 23.1 Å². The van der Waals surface area contributed by atoms with Gasteiger partial charge in [-0.25, -0.2) is 24.5 Å². The number of anilines is 2. The van der Waals surface area contributed by atoms with E-state index in [-0.39, 0.29) is 25.7 Å². The molecule has 1 unspecified atom stereocenters. The Morgan fingerprint density at radius 2 is 1.93 bits per heavy atom. The summed E-state index contributed by atoms with van der Waals surface area (Å²) in [6.07, 6.45) is 4.23. The average Bonchev–Trinajstić information content (AvgIpc) is 3.64. The van der Waals surface area contributed by atoms with Crippen LogP contribution in [0, 0.1) is 5.92 Å². The Morgan fingerprint density at radius 1 is 1.17 bits per heavy atom. The highest BCUT2D eigenvalue weighted by molar-refractivity contribution is 7.88. The zero-order chi connectivity index (χ0) is 29.4. The van der Waals surface area contributed by atoms with Crippen LogP contribution in [-0.2, 0) is 21.5 Å². The van der Waals surface area contributed by atoms with E-state index in [1.807, 2.05) is 36.8 Å². The van der Waals surface area contributed by atoms with Gasteiger partial charge in [-0.05, 0) is 51.2 Å². The molecule has 0 aliphatic heterocycles. The van der Waals surface area contributed by atoms with Crippen LogP contribution >= 0.6 is 11.3 Å². The smallest absolute Gasteiger partial charge is 0.421 e. The van der Waals surface area contributed by atoms with E-state index in [0.29, 0.717) is 40.8 Å². The van der Waals surface area contributed by atoms with E-state index in [4.69, 9.17) is 4.74 Å². The summed E-state index contributed by atoms with van der Waals surface area (Å²) in [5.41, 5.74) is 2.48. The van der Waals surface area contributed by atoms with Crippen molar-refractivity contribution in [3.05, 3.63) is 42.1 Å². The Kier molecular flexibility index (Phi) is 10.5. The number of thiazole rings is 1. The molecule has 14 heteroatoms. The molecule has 0 radical (unpaired) electrons. The maximum atomic E-state index is 12.5. The molecule has 2 heterocycles. The number of nitrogens with zero attached hydrogens (tertiary/aromatic N) is 3. The van der Waals surface area contributed by atoms with Crippen molar-refractivity contribution in [3.63, 3.8) is 0 Å². The number of rotatable bonds is 15. The Labute approximate surface area is 244 Å². The third-order valence-electron chi connectivity index (χ3n) is 6.10. The summed E-state index contributed by atoms with van der Waals surface area (Å²) in [7, 11) is -4.16. The standard InChI is InChI=1S/C27H37N7O5S2/c1-17(2)31-26-29-16-24(40-26)23-13-22(32-25(33-23)28-14-18(3)35)21-9-5-4-8-20(21)15-30-41(37,38)34-27(36)39-12-6-7-19-10-11-19/h4-5,8-9,13,16-19,30,35H,6-7,10-12,14-15H2,1-3H3,(H,29,31)(H,34,36)(H,28,32,33). The van der Waals surface area contributed by atoms with Crippen LogP contribution < -0.4 is 20.1 Å². The van der Waals surface area contributed by atoms with Crippen molar-refractivity contribution in [1.82, 2.24) is 24.4 Å². The number of hydrogen-bond acceptors (Lipinski definition) is 11. The predicted molar refractivity (Wildman–Crippen MR) is 160 cm³/mol. The fourth-order valence-electron chi connectivity index (χ4n) is 3.95. The van der Waals surface area contributed by atoms with Crippen molar-refractivity contribution >= 4 is 38.7 Å². The van der Waals surface area contributed by atoms with Crippen LogP contribution in [0.2, 0.25) is 0 Å². The molecule has 41 heavy (non-hydrogen) atoms. The molecule has 3 aromatic rings. The number of ether oxygens (including phenoxy) is 1. The van der Waals surface area contributed by atoms with Crippen LogP contribution in [0.5, 0.6) is 0 Å². The number of aromatic nitrogens is 3. The number of hydrogen-bond donors (Lipinski definition) is 5. The van der Waals surface area contributed by atoms with Crippen LogP contribution in [0.15, 0.2) is 36.5 Å². The highest BCUT2D eigenvalue weighted by Crippen LogP contribution is 2.33. The molecular formula is C27H37N7O5S2. The first kappa shape index (κ1) is 30.6. The Morgan fingerprint density at radius 3 is 2.66 bits per heavy atom. The van der Waals surface area contributed by atoms with Gasteiger partial charge in [-0.1, -0.05) is 48.4 Å². The van der Waals surface area contributed by atoms with Gasteiger partial charge in [-0.3, -0.25) is 0 Å². The van der Waals surface area contributed by atoms with Crippen LogP contribution in [-0.4, -0.2) is 59.9 Å². The van der Waals surface area contributed by atoms with E-state index in [0.717, 1.165) is 16.4 Å². The third kappa shape index (κ3) is 9.92. The molecule has 0 bridgehead atoms. The average molecular weight is 604 g/mol. The Bertz CT molecular complexity index is 1420. The molecule has 1 aliphatic rings. The minimum absolute atomic E-state index is 0.0980. The predicted octanol–water partition coefficient (Wildman–Crippen LogP) is 4.13. The van der Waals surface area contributed by atoms with Gasteiger partial charge in [0.1, 0.15) is 0 Å². The topological polar surface area (TPSA) is 167 Å². The fourth-order valence-corrected chi connectivity index (χ4v) is 5.57. The van der Waals surface area contributed by atoms with E-state index in [1.165, 1.54) is 24.2 Å². The van der Waals surface area contributed by atoms with Gasteiger partial charge < -0.3 is 20.5 Å². The van der Waals surface area contributed by atoms with E-state index >= 15 is 0 Å². The Balaban J connectivity index is 1.50. The van der Waals surface area contributed by atoms with Gasteiger partial charge in [-0.15, -0.1) is 0 Å². The lowest BCUT2D eigenvalue weighted by Gasteiger charge is -2.14. The largest absolute Gasteiger partial charge is 0.449 e. The molecule has 4 rings (SSSR count). The molecule has 12 nitrogen and oxygen atoms in total. The molecule has 2 aromatic heterocycles. The van der Waals surface area contributed by atoms with E-state index in [2.05, 4.69) is 30.3 Å². The molecule has 1 fully saturated rings. The van der Waals surface area contributed by atoms with Crippen molar-refractivity contribution in [3.8, 4) is 21.8 Å². The normalized spacial score (nSPS) is 14.1. The minimum Gasteiger partial charge on any atom is -0.449 e. The van der Waals surface area contributed by atoms with Gasteiger partial charge in [-0.2, -0.15) is 13.1 Å². The molecule has 1 atom stereocenters. The fraction of sp³-hybridized carbons (Fsp3) is 0.481. The number of carbonyl (C=O) groups excluding carboxylic acids is 1. The summed E-state index contributed by atoms with van der Waals surface area (Å²) >= 11 is 1.45. The molecule has 1 aromatic carbocycles. The summed E-state index contributed by atoms with van der Waals surface area (Å²) in [6.45, 7) is 6.04. The number of amides is 1. The molecule has 0 saturated heterocycles. The van der Waals surface area contributed by atoms with Gasteiger partial charge in [0.15, 0.2) is 5.13 Å². The molecular weight excluding hydrogens is 566 g/mol. The Hall–Kier alpha value is -3.33. The van der Waals surface area contributed by atoms with Gasteiger partial charge >= 0.3 is 16.3 Å². The van der Waals surface area contributed by atoms with Gasteiger partial charge in [0, 0.05) is 30.9 Å². The van der Waals surface area contributed by atoms with Gasteiger partial charge in [0.25, 0.3) is 0 Å². The van der Waals surface area contributed by atoms with Crippen molar-refractivity contribution in [2.24, 2.45) is 5.92 Å². The lowest BCUT2D eigenvalue weighted by atomic mass is 10.0. The number of aliphatic hydroxyl groups is 1. The third-order valence-corrected chi connectivity index (χ3v) is 8.01. The summed E-state index contributed by atoms with van der Waals surface area (Å²) in [6, 6.07) is 9.25. The molecule has 1 aliphatic carbocycles. The maximum absolute atomic E-state index is 12.5. The second kappa shape index (κ2) is 14.0. The summed E-state index contributed by atoms with van der Waals surface area (Å²) < 4.78 is 34.4. The number of benzene rings is 1. The summed E-state index contributed by atoms with van der Waals surface area (Å²) in [5.74, 6) is 1.02. The monoisotopic (exact) mass is 603 g/mol. The number of nitrogens with one attached hydrogen (secondary N) is 4. The summed E-state index contributed by atoms with van der Waals surface area (Å²) in [5, 5.41) is 16.9. The zero-order valence-corrected chi connectivity index (χ0v) is 25.0. The maximum Gasteiger partial charge on any atom is 0.421 e. The second-order valence-electron chi connectivity index (χ2n) is 10.3. The first-order chi connectivity index (χ1) is 19.6. The van der Waals surface area contributed by atoms with Crippen LogP contribution in [0.3, 0.4) is 0 Å². The highest BCUT2D eigenvalue weighted by atomic mass is 32.2. The molecule has 0 spiro atoms. The van der Waals surface area contributed by atoms with Gasteiger partial charge in [0.2, 0.25) is 5.95 Å². The zero-order valence-electron chi connectivity index (χ0n) is 23.4. The lowest BCUT2D eigenvalue weighted by Crippen LogP contribution is -2.40. The SMILES string of the molecule is CC(O)CNc1nc(-c2cnc(NC(C)C)s2)cc(-c2ccccc2CNS(=O)(=O)NC(=O)OCCCC2CC2)n1. The first-order valence-electron chi connectivity index (χ1n) is 13.6. The molecule has 1 saturated carbocycles. The van der Waals surface area contributed by atoms with Crippen molar-refractivity contribution in [2.75, 3.05) is 23.8 Å². The molecule has 222 valence electrons. The molecule has 5 N–H and O–H groups in total. The van der Waals surface area contributed by atoms with E-state index in [1.54, 1.807) is 25.3 Å². The second-order valence-corrected chi connectivity index (χ2v) is 12.9. The van der Waals surface area contributed by atoms with Gasteiger partial charge in [0.05, 0.1) is 29.0 Å². The van der Waals surface area contributed by atoms with Crippen LogP contribution in [0.4, 0.5) is 15.9 Å². The number of carbonyl (C=O) groups is 1. The highest BCUT2D eigenvalue weighted by Gasteiger charge is 2.21. The minimum atomic E-state index is -4.16. The van der Waals surface area contributed by atoms with E-state index in [9.17, 15) is 18.3 Å². The van der Waals surface area contributed by atoms with Crippen LogP contribution in [0.1, 0.15) is 52.0 Å². The van der Waals surface area contributed by atoms with Crippen molar-refractivity contribution in [1.29, 1.82) is 0 Å². The van der Waals surface area contributed by atoms with Crippen LogP contribution in [0.25, 0.3) is 21.8 Å².